The molecule has 0 atom stereocenters. The highest BCUT2D eigenvalue weighted by atomic mass is 32.2. The first-order valence-corrected chi connectivity index (χ1v) is 10.6. The largest absolute Gasteiger partial charge is 0.492 e. The summed E-state index contributed by atoms with van der Waals surface area (Å²) in [6.07, 6.45) is 0. The Labute approximate surface area is 162 Å². The molecular formula is C19H20N2O4S2. The van der Waals surface area contributed by atoms with E-state index in [1.54, 1.807) is 24.4 Å². The van der Waals surface area contributed by atoms with E-state index in [0.717, 1.165) is 14.4 Å². The molecule has 8 heteroatoms. The second-order valence-corrected chi connectivity index (χ2v) is 9.01. The summed E-state index contributed by atoms with van der Waals surface area (Å²) in [6.45, 7) is 2.12. The molecule has 0 radical (unpaired) electrons. The van der Waals surface area contributed by atoms with Crippen LogP contribution in [0.15, 0.2) is 52.7 Å². The summed E-state index contributed by atoms with van der Waals surface area (Å²) in [7, 11) is -0.813. The second kappa shape index (κ2) is 7.67. The molecule has 0 fully saturated rings. The number of benzene rings is 2. The highest BCUT2D eigenvalue weighted by Crippen LogP contribution is 2.30. The number of rotatable bonds is 6. The number of anilines is 1. The Kier molecular flexibility index (Phi) is 5.50. The lowest BCUT2D eigenvalue weighted by molar-refractivity contribution is 0.102. The van der Waals surface area contributed by atoms with Crippen molar-refractivity contribution in [2.75, 3.05) is 26.0 Å². The molecular weight excluding hydrogens is 384 g/mol. The zero-order chi connectivity index (χ0) is 19.6. The Balaban J connectivity index is 1.96. The van der Waals surface area contributed by atoms with Gasteiger partial charge in [0, 0.05) is 35.2 Å². The number of nitrogens with one attached hydrogen (secondary N) is 1. The molecule has 1 aromatic heterocycles. The molecule has 0 saturated heterocycles. The average molecular weight is 405 g/mol. The molecule has 3 rings (SSSR count). The fourth-order valence-electron chi connectivity index (χ4n) is 2.61. The summed E-state index contributed by atoms with van der Waals surface area (Å²) in [5.41, 5.74) is 0.945. The van der Waals surface area contributed by atoms with Crippen LogP contribution in [-0.2, 0) is 10.0 Å². The van der Waals surface area contributed by atoms with E-state index in [4.69, 9.17) is 4.74 Å². The molecule has 1 amide bonds. The van der Waals surface area contributed by atoms with Crippen LogP contribution >= 0.6 is 11.3 Å². The van der Waals surface area contributed by atoms with Crippen LogP contribution in [0.2, 0.25) is 0 Å². The first-order valence-electron chi connectivity index (χ1n) is 8.31. The highest BCUT2D eigenvalue weighted by molar-refractivity contribution is 7.89. The molecule has 1 heterocycles. The maximum absolute atomic E-state index is 12.7. The van der Waals surface area contributed by atoms with Crippen LogP contribution in [0.5, 0.6) is 5.75 Å². The van der Waals surface area contributed by atoms with Crippen LogP contribution in [0.4, 0.5) is 5.69 Å². The van der Waals surface area contributed by atoms with Crippen molar-refractivity contribution in [2.45, 2.75) is 11.8 Å². The minimum Gasteiger partial charge on any atom is -0.492 e. The van der Waals surface area contributed by atoms with Gasteiger partial charge in [-0.05, 0) is 31.2 Å². The summed E-state index contributed by atoms with van der Waals surface area (Å²) in [6, 6.07) is 12.3. The second-order valence-electron chi connectivity index (χ2n) is 5.98. The summed E-state index contributed by atoms with van der Waals surface area (Å²) in [5, 5.41) is 5.45. The fourth-order valence-corrected chi connectivity index (χ4v) is 4.60. The Bertz CT molecular complexity index is 1090. The Morgan fingerprint density at radius 3 is 2.63 bits per heavy atom. The number of fused-ring (bicyclic) bond motifs is 1. The van der Waals surface area contributed by atoms with E-state index in [2.05, 4.69) is 5.32 Å². The molecule has 0 aliphatic heterocycles. The number of amides is 1. The summed E-state index contributed by atoms with van der Waals surface area (Å²) in [5.74, 6) is -0.0324. The van der Waals surface area contributed by atoms with Gasteiger partial charge in [-0.3, -0.25) is 4.79 Å². The number of carbonyl (C=O) groups is 1. The third kappa shape index (κ3) is 3.83. The van der Waals surface area contributed by atoms with Gasteiger partial charge in [0.1, 0.15) is 10.6 Å². The lowest BCUT2D eigenvalue weighted by Crippen LogP contribution is -2.23. The third-order valence-electron chi connectivity index (χ3n) is 3.99. The van der Waals surface area contributed by atoms with Gasteiger partial charge in [0.25, 0.3) is 5.91 Å². The van der Waals surface area contributed by atoms with Crippen molar-refractivity contribution in [3.63, 3.8) is 0 Å². The lowest BCUT2D eigenvalue weighted by Gasteiger charge is -2.16. The number of sulfonamides is 1. The van der Waals surface area contributed by atoms with Crippen molar-refractivity contribution in [3.05, 3.63) is 53.4 Å². The highest BCUT2D eigenvalue weighted by Gasteiger charge is 2.23. The van der Waals surface area contributed by atoms with Gasteiger partial charge in [0.2, 0.25) is 10.0 Å². The van der Waals surface area contributed by atoms with Crippen molar-refractivity contribution in [3.8, 4) is 5.75 Å². The van der Waals surface area contributed by atoms with Crippen molar-refractivity contribution in [2.24, 2.45) is 0 Å². The normalized spacial score (nSPS) is 11.7. The predicted molar refractivity (Wildman–Crippen MR) is 108 cm³/mol. The minimum absolute atomic E-state index is 0.0160. The molecule has 1 N–H and O–H groups in total. The van der Waals surface area contributed by atoms with Gasteiger partial charge in [0.05, 0.1) is 12.2 Å². The maximum atomic E-state index is 12.7. The topological polar surface area (TPSA) is 75.7 Å². The predicted octanol–water partition coefficient (Wildman–Crippen LogP) is 3.80. The van der Waals surface area contributed by atoms with E-state index >= 15 is 0 Å². The quantitative estimate of drug-likeness (QED) is 0.678. The van der Waals surface area contributed by atoms with E-state index in [-0.39, 0.29) is 16.6 Å². The SMILES string of the molecule is CCOc1ccc(NC(=O)c2csc3ccccc23)cc1S(=O)(=O)N(C)C. The molecule has 0 unspecified atom stereocenters. The van der Waals surface area contributed by atoms with E-state index in [9.17, 15) is 13.2 Å². The zero-order valence-corrected chi connectivity index (χ0v) is 16.9. The van der Waals surface area contributed by atoms with Crippen LogP contribution < -0.4 is 10.1 Å². The maximum Gasteiger partial charge on any atom is 0.257 e. The minimum atomic E-state index is -3.72. The molecule has 142 valence electrons. The lowest BCUT2D eigenvalue weighted by atomic mass is 10.1. The molecule has 3 aromatic rings. The summed E-state index contributed by atoms with van der Waals surface area (Å²) in [4.78, 5) is 12.7. The number of ether oxygens (including phenoxy) is 1. The first-order chi connectivity index (χ1) is 12.8. The van der Waals surface area contributed by atoms with Crippen molar-refractivity contribution >= 4 is 43.0 Å². The number of nitrogens with zero attached hydrogens (tertiary/aromatic N) is 1. The Morgan fingerprint density at radius 2 is 1.93 bits per heavy atom. The van der Waals surface area contributed by atoms with Crippen molar-refractivity contribution < 1.29 is 17.9 Å². The standard InChI is InChI=1S/C19H20N2O4S2/c1-4-25-16-10-9-13(11-18(16)27(23,24)21(2)3)20-19(22)15-12-26-17-8-6-5-7-14(15)17/h5-12H,4H2,1-3H3,(H,20,22). The molecule has 0 spiro atoms. The van der Waals surface area contributed by atoms with Crippen LogP contribution in [0.1, 0.15) is 17.3 Å². The fraction of sp³-hybridized carbons (Fsp3) is 0.211. The van der Waals surface area contributed by atoms with E-state index in [0.29, 0.717) is 17.9 Å². The van der Waals surface area contributed by atoms with Crippen LogP contribution in [0.25, 0.3) is 10.1 Å². The average Bonchev–Trinajstić information content (AvgIpc) is 3.07. The van der Waals surface area contributed by atoms with Crippen molar-refractivity contribution in [1.82, 2.24) is 4.31 Å². The van der Waals surface area contributed by atoms with E-state index in [1.165, 1.54) is 31.5 Å². The van der Waals surface area contributed by atoms with Gasteiger partial charge in [0.15, 0.2) is 0 Å². The van der Waals surface area contributed by atoms with Crippen LogP contribution in [0, 0.1) is 0 Å². The molecule has 0 bridgehead atoms. The van der Waals surface area contributed by atoms with Gasteiger partial charge < -0.3 is 10.1 Å². The van der Waals surface area contributed by atoms with Gasteiger partial charge in [-0.2, -0.15) is 0 Å². The van der Waals surface area contributed by atoms with Gasteiger partial charge in [-0.1, -0.05) is 18.2 Å². The molecule has 0 saturated carbocycles. The molecule has 2 aromatic carbocycles. The van der Waals surface area contributed by atoms with E-state index in [1.807, 2.05) is 24.3 Å². The van der Waals surface area contributed by atoms with Gasteiger partial charge in [-0.15, -0.1) is 11.3 Å². The third-order valence-corrected chi connectivity index (χ3v) is 6.79. The molecule has 0 aliphatic carbocycles. The Morgan fingerprint density at radius 1 is 1.19 bits per heavy atom. The smallest absolute Gasteiger partial charge is 0.257 e. The summed E-state index contributed by atoms with van der Waals surface area (Å²) >= 11 is 1.49. The first kappa shape index (κ1) is 19.3. The number of hydrogen-bond acceptors (Lipinski definition) is 5. The molecule has 27 heavy (non-hydrogen) atoms. The zero-order valence-electron chi connectivity index (χ0n) is 15.2. The number of hydrogen-bond donors (Lipinski definition) is 1. The summed E-state index contributed by atoms with van der Waals surface area (Å²) < 4.78 is 32.8. The van der Waals surface area contributed by atoms with Gasteiger partial charge >= 0.3 is 0 Å². The number of carbonyl (C=O) groups excluding carboxylic acids is 1. The molecule has 0 aliphatic rings. The monoisotopic (exact) mass is 404 g/mol. The van der Waals surface area contributed by atoms with Gasteiger partial charge in [-0.25, -0.2) is 12.7 Å². The van der Waals surface area contributed by atoms with E-state index < -0.39 is 10.0 Å². The van der Waals surface area contributed by atoms with Crippen molar-refractivity contribution in [1.29, 1.82) is 0 Å². The van der Waals surface area contributed by atoms with Crippen LogP contribution in [-0.4, -0.2) is 39.3 Å². The Hall–Kier alpha value is -2.42. The van der Waals surface area contributed by atoms with Crippen LogP contribution in [0.3, 0.4) is 0 Å². The molecule has 6 nitrogen and oxygen atoms in total. The number of thiophene rings is 1.